The van der Waals surface area contributed by atoms with Crippen molar-refractivity contribution >= 4 is 27.6 Å². The van der Waals surface area contributed by atoms with Gasteiger partial charge >= 0.3 is 0 Å². The molecule has 3 fully saturated rings. The van der Waals surface area contributed by atoms with Gasteiger partial charge in [0.25, 0.3) is 0 Å². The molecule has 4 atom stereocenters. The van der Waals surface area contributed by atoms with Gasteiger partial charge in [-0.3, -0.25) is 4.90 Å². The summed E-state index contributed by atoms with van der Waals surface area (Å²) in [5, 5.41) is 2.45. The zero-order valence-corrected chi connectivity index (χ0v) is 15.5. The minimum Gasteiger partial charge on any atom is -0.456 e. The zero-order valence-electron chi connectivity index (χ0n) is 15.5. The van der Waals surface area contributed by atoms with Crippen molar-refractivity contribution in [3.63, 3.8) is 0 Å². The molecule has 3 aliphatic heterocycles. The van der Waals surface area contributed by atoms with Crippen molar-refractivity contribution in [2.75, 3.05) is 11.4 Å². The van der Waals surface area contributed by atoms with Gasteiger partial charge in [0.05, 0.1) is 6.17 Å². The minimum atomic E-state index is 0.242. The third kappa shape index (κ3) is 2.02. The molecule has 3 heteroatoms. The molecule has 3 saturated heterocycles. The highest BCUT2D eigenvalue weighted by Gasteiger charge is 2.49. The molecule has 2 aromatic carbocycles. The van der Waals surface area contributed by atoms with Crippen LogP contribution in [0.3, 0.4) is 0 Å². The number of fused-ring (bicyclic) bond motifs is 6. The predicted molar refractivity (Wildman–Crippen MR) is 104 cm³/mol. The van der Waals surface area contributed by atoms with E-state index < -0.39 is 0 Å². The van der Waals surface area contributed by atoms with E-state index in [9.17, 15) is 0 Å². The van der Waals surface area contributed by atoms with Gasteiger partial charge in [-0.1, -0.05) is 18.2 Å². The van der Waals surface area contributed by atoms with Crippen LogP contribution in [0.5, 0.6) is 0 Å². The van der Waals surface area contributed by atoms with Crippen LogP contribution in [-0.4, -0.2) is 29.2 Å². The highest BCUT2D eigenvalue weighted by molar-refractivity contribution is 6.06. The summed E-state index contributed by atoms with van der Waals surface area (Å²) >= 11 is 0. The van der Waals surface area contributed by atoms with E-state index in [4.69, 9.17) is 4.42 Å². The Kier molecular flexibility index (Phi) is 3.06. The topological polar surface area (TPSA) is 19.6 Å². The summed E-state index contributed by atoms with van der Waals surface area (Å²) in [7, 11) is 0. The number of furan rings is 1. The Morgan fingerprint density at radius 3 is 2.64 bits per heavy atom. The monoisotopic (exact) mass is 334 g/mol. The van der Waals surface area contributed by atoms with E-state index in [1.165, 1.54) is 41.4 Å². The molecule has 1 aromatic heterocycles. The number of aryl methyl sites for hydroxylation is 1. The molecule has 3 unspecified atom stereocenters. The smallest absolute Gasteiger partial charge is 0.135 e. The van der Waals surface area contributed by atoms with Crippen molar-refractivity contribution in [2.45, 2.75) is 58.3 Å². The quantitative estimate of drug-likeness (QED) is 0.602. The number of benzene rings is 2. The van der Waals surface area contributed by atoms with E-state index in [2.05, 4.69) is 67.8 Å². The molecule has 4 heterocycles. The number of hydrogen-bond donors (Lipinski definition) is 0. The molecule has 0 saturated carbocycles. The fourth-order valence-electron chi connectivity index (χ4n) is 5.43. The number of piperidine rings is 1. The lowest BCUT2D eigenvalue weighted by molar-refractivity contribution is 0.00479. The van der Waals surface area contributed by atoms with Crippen LogP contribution in [0.1, 0.15) is 39.2 Å². The van der Waals surface area contributed by atoms with Crippen molar-refractivity contribution in [3.05, 3.63) is 42.0 Å². The highest BCUT2D eigenvalue weighted by Crippen LogP contribution is 2.46. The van der Waals surface area contributed by atoms with Crippen LogP contribution in [-0.2, 0) is 0 Å². The molecular formula is C22H26N2O. The van der Waals surface area contributed by atoms with Gasteiger partial charge in [-0.2, -0.15) is 0 Å². The van der Waals surface area contributed by atoms with Crippen LogP contribution in [0, 0.1) is 6.92 Å². The Bertz CT molecular complexity index is 975. The van der Waals surface area contributed by atoms with Crippen LogP contribution in [0.15, 0.2) is 40.8 Å². The Balaban J connectivity index is 1.72. The molecule has 0 N–H and O–H groups in total. The van der Waals surface area contributed by atoms with Crippen molar-refractivity contribution in [1.82, 2.24) is 4.90 Å². The van der Waals surface area contributed by atoms with Gasteiger partial charge in [0.2, 0.25) is 0 Å². The van der Waals surface area contributed by atoms with E-state index in [-0.39, 0.29) is 5.54 Å². The first-order valence-corrected chi connectivity index (χ1v) is 9.45. The molecule has 3 aliphatic rings. The molecule has 2 bridgehead atoms. The number of nitrogens with zero attached hydrogens (tertiary/aromatic N) is 2. The van der Waals surface area contributed by atoms with E-state index in [1.807, 2.05) is 6.07 Å². The lowest BCUT2D eigenvalue weighted by Crippen LogP contribution is -2.71. The number of anilines is 1. The molecule has 130 valence electrons. The second-order valence-electron chi connectivity index (χ2n) is 8.27. The normalized spacial score (nSPS) is 32.0. The van der Waals surface area contributed by atoms with Crippen LogP contribution in [0.4, 0.5) is 5.69 Å². The fourth-order valence-corrected chi connectivity index (χ4v) is 5.43. The summed E-state index contributed by atoms with van der Waals surface area (Å²) in [5.41, 5.74) is 4.89. The predicted octanol–water partition coefficient (Wildman–Crippen LogP) is 5.30. The summed E-state index contributed by atoms with van der Waals surface area (Å²) in [6.07, 6.45) is 2.92. The number of rotatable bonds is 1. The maximum Gasteiger partial charge on any atom is 0.135 e. The summed E-state index contributed by atoms with van der Waals surface area (Å²) < 4.78 is 6.08. The van der Waals surface area contributed by atoms with Gasteiger partial charge in [-0.15, -0.1) is 0 Å². The summed E-state index contributed by atoms with van der Waals surface area (Å²) in [6.45, 7) is 10.6. The van der Waals surface area contributed by atoms with Gasteiger partial charge in [-0.25, -0.2) is 0 Å². The van der Waals surface area contributed by atoms with Crippen LogP contribution in [0.2, 0.25) is 0 Å². The maximum absolute atomic E-state index is 6.08. The van der Waals surface area contributed by atoms with E-state index >= 15 is 0 Å². The zero-order chi connectivity index (χ0) is 17.3. The Labute approximate surface area is 149 Å². The average Bonchev–Trinajstić information content (AvgIpc) is 2.91. The largest absolute Gasteiger partial charge is 0.456 e. The first-order chi connectivity index (χ1) is 12.0. The molecule has 0 amide bonds. The fraction of sp³-hybridized carbons (Fsp3) is 0.455. The van der Waals surface area contributed by atoms with E-state index in [0.717, 1.165) is 11.2 Å². The lowest BCUT2D eigenvalue weighted by atomic mass is 9.78. The number of hydrogen-bond acceptors (Lipinski definition) is 3. The Morgan fingerprint density at radius 1 is 1.08 bits per heavy atom. The third-order valence-electron chi connectivity index (χ3n) is 6.60. The molecule has 3 aromatic rings. The van der Waals surface area contributed by atoms with Gasteiger partial charge in [0.1, 0.15) is 11.2 Å². The molecule has 6 rings (SSSR count). The molecule has 3 nitrogen and oxygen atoms in total. The van der Waals surface area contributed by atoms with Crippen LogP contribution in [0.25, 0.3) is 21.9 Å². The van der Waals surface area contributed by atoms with Crippen molar-refractivity contribution < 1.29 is 4.42 Å². The van der Waals surface area contributed by atoms with Crippen molar-refractivity contribution in [2.24, 2.45) is 0 Å². The van der Waals surface area contributed by atoms with Gasteiger partial charge < -0.3 is 9.32 Å². The Morgan fingerprint density at radius 2 is 1.88 bits per heavy atom. The van der Waals surface area contributed by atoms with Crippen molar-refractivity contribution in [1.29, 1.82) is 0 Å². The van der Waals surface area contributed by atoms with E-state index in [1.54, 1.807) is 0 Å². The first kappa shape index (κ1) is 15.3. The summed E-state index contributed by atoms with van der Waals surface area (Å²) in [6, 6.07) is 13.6. The molecular weight excluding hydrogens is 308 g/mol. The van der Waals surface area contributed by atoms with Gasteiger partial charge in [-0.05, 0) is 64.3 Å². The Hall–Kier alpha value is -2.00. The van der Waals surface area contributed by atoms with Gasteiger partial charge in [0.15, 0.2) is 0 Å². The van der Waals surface area contributed by atoms with E-state index in [0.29, 0.717) is 12.2 Å². The van der Waals surface area contributed by atoms with Crippen molar-refractivity contribution in [3.8, 4) is 0 Å². The minimum absolute atomic E-state index is 0.242. The standard InChI is InChI=1S/C22H26N2O/c1-14-11-21-18(17-7-5-6-8-20(17)25-21)12-19(14)24-16(3)23-10-9-22(24,4)13-15(23)2/h5-8,11-12,15-16H,9-10,13H2,1-4H3/t15?,16-,22?/m0/s1. The molecule has 0 spiro atoms. The summed E-state index contributed by atoms with van der Waals surface area (Å²) in [4.78, 5) is 5.33. The first-order valence-electron chi connectivity index (χ1n) is 9.45. The SMILES string of the molecule is Cc1cc2oc3ccccc3c2cc1N1[C@@H](C)N2CCC1(C)CC2C. The second-order valence-corrected chi connectivity index (χ2v) is 8.27. The van der Waals surface area contributed by atoms with Crippen LogP contribution < -0.4 is 4.90 Å². The number of para-hydroxylation sites is 1. The third-order valence-corrected chi connectivity index (χ3v) is 6.60. The summed E-state index contributed by atoms with van der Waals surface area (Å²) in [5.74, 6) is 0. The molecule has 25 heavy (non-hydrogen) atoms. The maximum atomic E-state index is 6.08. The highest BCUT2D eigenvalue weighted by atomic mass is 16.3. The lowest BCUT2D eigenvalue weighted by Gasteiger charge is -2.62. The van der Waals surface area contributed by atoms with Crippen LogP contribution >= 0.6 is 0 Å². The second kappa shape index (κ2) is 5.01. The van der Waals surface area contributed by atoms with Gasteiger partial charge in [0, 0.05) is 34.6 Å². The average molecular weight is 334 g/mol. The molecule has 0 radical (unpaired) electrons. The molecule has 0 aliphatic carbocycles.